The van der Waals surface area contributed by atoms with Gasteiger partial charge in [-0.15, -0.1) is 0 Å². The second-order valence-electron chi connectivity index (χ2n) is 4.90. The Morgan fingerprint density at radius 1 is 1.24 bits per heavy atom. The summed E-state index contributed by atoms with van der Waals surface area (Å²) in [6.07, 6.45) is 1.54. The first-order valence-corrected chi connectivity index (χ1v) is 8.54. The lowest BCUT2D eigenvalue weighted by atomic mass is 10.00. The molecule has 2 aromatic rings. The molecule has 0 aliphatic heterocycles. The third-order valence-corrected chi connectivity index (χ3v) is 4.57. The van der Waals surface area contributed by atoms with Gasteiger partial charge in [-0.2, -0.15) is 0 Å². The number of benzene rings is 2. The van der Waals surface area contributed by atoms with E-state index in [0.717, 1.165) is 6.26 Å². The maximum absolute atomic E-state index is 13.4. The van der Waals surface area contributed by atoms with E-state index in [1.54, 1.807) is 24.3 Å². The lowest BCUT2D eigenvalue weighted by Crippen LogP contribution is -2.14. The average Bonchev–Trinajstić information content (AvgIpc) is 2.42. The van der Waals surface area contributed by atoms with Crippen molar-refractivity contribution in [2.75, 3.05) is 6.26 Å². The van der Waals surface area contributed by atoms with E-state index in [-0.39, 0.29) is 9.92 Å². The largest absolute Gasteiger partial charge is 0.324 e. The average molecular weight is 328 g/mol. The Labute approximate surface area is 128 Å². The van der Waals surface area contributed by atoms with Crippen molar-refractivity contribution in [1.29, 1.82) is 0 Å². The molecule has 3 nitrogen and oxygen atoms in total. The van der Waals surface area contributed by atoms with Crippen LogP contribution < -0.4 is 5.73 Å². The predicted octanol–water partition coefficient (Wildman–Crippen LogP) is 3.13. The van der Waals surface area contributed by atoms with Crippen LogP contribution >= 0.6 is 11.6 Å². The smallest absolute Gasteiger partial charge is 0.175 e. The summed E-state index contributed by atoms with van der Waals surface area (Å²) in [5.74, 6) is -0.494. The van der Waals surface area contributed by atoms with Gasteiger partial charge in [0, 0.05) is 12.3 Å². The molecule has 0 aromatic heterocycles. The van der Waals surface area contributed by atoms with Crippen LogP contribution in [0.4, 0.5) is 4.39 Å². The molecule has 1 unspecified atom stereocenters. The molecule has 112 valence electrons. The molecule has 2 N–H and O–H groups in total. The Bertz CT molecular complexity index is 762. The Morgan fingerprint density at radius 2 is 1.95 bits per heavy atom. The van der Waals surface area contributed by atoms with Gasteiger partial charge >= 0.3 is 0 Å². The molecule has 2 rings (SSSR count). The fourth-order valence-electron chi connectivity index (χ4n) is 2.01. The molecule has 0 heterocycles. The molecule has 0 aliphatic carbocycles. The van der Waals surface area contributed by atoms with Crippen LogP contribution in [0.25, 0.3) is 0 Å². The fourth-order valence-corrected chi connectivity index (χ4v) is 2.81. The van der Waals surface area contributed by atoms with Gasteiger partial charge in [-0.05, 0) is 41.8 Å². The van der Waals surface area contributed by atoms with Gasteiger partial charge in [0.1, 0.15) is 5.82 Å². The van der Waals surface area contributed by atoms with E-state index in [1.165, 1.54) is 18.2 Å². The fraction of sp³-hybridized carbons (Fsp3) is 0.200. The first kappa shape index (κ1) is 15.9. The van der Waals surface area contributed by atoms with E-state index in [0.29, 0.717) is 17.5 Å². The van der Waals surface area contributed by atoms with Crippen LogP contribution in [-0.4, -0.2) is 14.7 Å². The van der Waals surface area contributed by atoms with Crippen LogP contribution in [0.2, 0.25) is 5.02 Å². The van der Waals surface area contributed by atoms with Crippen LogP contribution in [0.1, 0.15) is 17.2 Å². The lowest BCUT2D eigenvalue weighted by Gasteiger charge is -2.13. The summed E-state index contributed by atoms with van der Waals surface area (Å²) in [7, 11) is -3.28. The van der Waals surface area contributed by atoms with Gasteiger partial charge in [0.15, 0.2) is 9.84 Å². The van der Waals surface area contributed by atoms with Gasteiger partial charge in [-0.1, -0.05) is 29.8 Å². The molecule has 0 fully saturated rings. The van der Waals surface area contributed by atoms with Crippen molar-refractivity contribution in [2.24, 2.45) is 5.73 Å². The van der Waals surface area contributed by atoms with Gasteiger partial charge in [0.05, 0.1) is 9.92 Å². The molecule has 1 atom stereocenters. The number of rotatable bonds is 4. The van der Waals surface area contributed by atoms with Crippen LogP contribution in [0.5, 0.6) is 0 Å². The topological polar surface area (TPSA) is 60.2 Å². The van der Waals surface area contributed by atoms with E-state index in [2.05, 4.69) is 0 Å². The summed E-state index contributed by atoms with van der Waals surface area (Å²) in [6.45, 7) is 0. The Balaban J connectivity index is 2.24. The highest BCUT2D eigenvalue weighted by atomic mass is 35.5. The monoisotopic (exact) mass is 327 g/mol. The first-order valence-electron chi connectivity index (χ1n) is 6.27. The highest BCUT2D eigenvalue weighted by molar-refractivity contribution is 7.90. The number of hydrogen-bond acceptors (Lipinski definition) is 3. The van der Waals surface area contributed by atoms with Gasteiger partial charge < -0.3 is 5.73 Å². The van der Waals surface area contributed by atoms with Crippen molar-refractivity contribution in [3.8, 4) is 0 Å². The molecule has 0 radical (unpaired) electrons. The number of nitrogens with two attached hydrogens (primary N) is 1. The minimum atomic E-state index is -3.28. The molecular formula is C15H15ClFNO2S. The minimum Gasteiger partial charge on any atom is -0.324 e. The van der Waals surface area contributed by atoms with Gasteiger partial charge in [-0.3, -0.25) is 0 Å². The van der Waals surface area contributed by atoms with Gasteiger partial charge in [0.2, 0.25) is 0 Å². The van der Waals surface area contributed by atoms with Gasteiger partial charge in [-0.25, -0.2) is 12.8 Å². The van der Waals surface area contributed by atoms with E-state index in [1.807, 2.05) is 0 Å². The molecule has 6 heteroatoms. The maximum Gasteiger partial charge on any atom is 0.175 e. The summed E-state index contributed by atoms with van der Waals surface area (Å²) in [5, 5.41) is 0.0615. The van der Waals surface area contributed by atoms with Gasteiger partial charge in [0.25, 0.3) is 0 Å². The van der Waals surface area contributed by atoms with Crippen molar-refractivity contribution in [2.45, 2.75) is 17.4 Å². The summed E-state index contributed by atoms with van der Waals surface area (Å²) in [6, 6.07) is 10.6. The second kappa shape index (κ2) is 6.13. The predicted molar refractivity (Wildman–Crippen MR) is 81.6 cm³/mol. The molecule has 0 amide bonds. The summed E-state index contributed by atoms with van der Waals surface area (Å²) >= 11 is 5.63. The third-order valence-electron chi connectivity index (χ3n) is 3.15. The van der Waals surface area contributed by atoms with Crippen LogP contribution in [0, 0.1) is 5.82 Å². The molecule has 0 saturated heterocycles. The van der Waals surface area contributed by atoms with E-state index in [4.69, 9.17) is 17.3 Å². The maximum atomic E-state index is 13.4. The first-order chi connectivity index (χ1) is 9.77. The van der Waals surface area contributed by atoms with E-state index >= 15 is 0 Å². The zero-order valence-electron chi connectivity index (χ0n) is 11.4. The Kier molecular flexibility index (Phi) is 4.66. The van der Waals surface area contributed by atoms with Crippen molar-refractivity contribution >= 4 is 21.4 Å². The standard InChI is InChI=1S/C15H15ClFNO2S/c1-21(19,20)12-4-2-3-11(9-12)15(18)8-10-5-6-13(16)14(17)7-10/h2-7,9,15H,8,18H2,1H3. The Morgan fingerprint density at radius 3 is 2.57 bits per heavy atom. The summed E-state index contributed by atoms with van der Waals surface area (Å²) in [5.41, 5.74) is 7.47. The second-order valence-corrected chi connectivity index (χ2v) is 7.33. The third kappa shape index (κ3) is 4.03. The molecular weight excluding hydrogens is 313 g/mol. The Hall–Kier alpha value is -1.43. The molecule has 0 bridgehead atoms. The van der Waals surface area contributed by atoms with E-state index < -0.39 is 21.7 Å². The summed E-state index contributed by atoms with van der Waals surface area (Å²) in [4.78, 5) is 0.220. The van der Waals surface area contributed by atoms with Crippen LogP contribution in [0.15, 0.2) is 47.4 Å². The van der Waals surface area contributed by atoms with E-state index in [9.17, 15) is 12.8 Å². The zero-order valence-corrected chi connectivity index (χ0v) is 13.0. The van der Waals surface area contributed by atoms with Crippen molar-refractivity contribution < 1.29 is 12.8 Å². The van der Waals surface area contributed by atoms with Crippen molar-refractivity contribution in [3.63, 3.8) is 0 Å². The number of halogens is 2. The molecule has 21 heavy (non-hydrogen) atoms. The van der Waals surface area contributed by atoms with Crippen molar-refractivity contribution in [3.05, 3.63) is 64.4 Å². The van der Waals surface area contributed by atoms with Crippen molar-refractivity contribution in [1.82, 2.24) is 0 Å². The molecule has 2 aromatic carbocycles. The minimum absolute atomic E-state index is 0.0615. The molecule has 0 aliphatic rings. The highest BCUT2D eigenvalue weighted by Crippen LogP contribution is 2.22. The zero-order chi connectivity index (χ0) is 15.6. The number of hydrogen-bond donors (Lipinski definition) is 1. The molecule has 0 saturated carbocycles. The number of sulfone groups is 1. The molecule has 0 spiro atoms. The normalized spacial score (nSPS) is 13.1. The highest BCUT2D eigenvalue weighted by Gasteiger charge is 2.13. The SMILES string of the molecule is CS(=O)(=O)c1cccc(C(N)Cc2ccc(Cl)c(F)c2)c1. The summed E-state index contributed by atoms with van der Waals surface area (Å²) < 4.78 is 36.5. The quantitative estimate of drug-likeness (QED) is 0.938. The van der Waals surface area contributed by atoms with Crippen LogP contribution in [-0.2, 0) is 16.3 Å². The van der Waals surface area contributed by atoms with Crippen LogP contribution in [0.3, 0.4) is 0 Å². The lowest BCUT2D eigenvalue weighted by molar-refractivity contribution is 0.601.